The van der Waals surface area contributed by atoms with Gasteiger partial charge in [-0.25, -0.2) is 9.59 Å². The Morgan fingerprint density at radius 1 is 1.20 bits per heavy atom. The zero-order valence-corrected chi connectivity index (χ0v) is 16.8. The molecule has 2 N–H and O–H groups in total. The summed E-state index contributed by atoms with van der Waals surface area (Å²) in [7, 11) is 0. The van der Waals surface area contributed by atoms with E-state index in [0.29, 0.717) is 6.42 Å². The average molecular weight is 405 g/mol. The Balaban J connectivity index is 1.50. The number of carbonyl (C=O) groups is 2. The van der Waals surface area contributed by atoms with Crippen LogP contribution in [0.1, 0.15) is 36.2 Å². The number of H-pyrrole nitrogens is 1. The van der Waals surface area contributed by atoms with E-state index in [0.717, 1.165) is 16.7 Å². The van der Waals surface area contributed by atoms with Crippen molar-refractivity contribution in [2.45, 2.75) is 31.9 Å². The molecule has 2 atom stereocenters. The Morgan fingerprint density at radius 2 is 1.90 bits per heavy atom. The van der Waals surface area contributed by atoms with E-state index in [1.807, 2.05) is 49.4 Å². The predicted molar refractivity (Wildman–Crippen MR) is 112 cm³/mol. The SMILES string of the molecule is CCOC(=O)c1c[nH]nc1NC1CC(C)(c2ccc(-c3ccccc3)cc2)OC1=O. The van der Waals surface area contributed by atoms with Crippen molar-refractivity contribution in [2.75, 3.05) is 11.9 Å². The first-order valence-corrected chi connectivity index (χ1v) is 9.86. The van der Waals surface area contributed by atoms with E-state index < -0.39 is 17.6 Å². The van der Waals surface area contributed by atoms with Crippen LogP contribution in [-0.2, 0) is 19.9 Å². The van der Waals surface area contributed by atoms with Crippen LogP contribution in [-0.4, -0.2) is 34.8 Å². The van der Waals surface area contributed by atoms with E-state index in [2.05, 4.69) is 27.6 Å². The summed E-state index contributed by atoms with van der Waals surface area (Å²) in [6.45, 7) is 3.88. The van der Waals surface area contributed by atoms with Crippen LogP contribution in [0.15, 0.2) is 60.8 Å². The fraction of sp³-hybridized carbons (Fsp3) is 0.261. The van der Waals surface area contributed by atoms with Crippen LogP contribution in [0.25, 0.3) is 11.1 Å². The van der Waals surface area contributed by atoms with Crippen LogP contribution in [0, 0.1) is 0 Å². The molecule has 0 saturated carbocycles. The Morgan fingerprint density at radius 3 is 2.60 bits per heavy atom. The molecular weight excluding hydrogens is 382 g/mol. The lowest BCUT2D eigenvalue weighted by atomic mass is 9.90. The molecule has 7 nitrogen and oxygen atoms in total. The fourth-order valence-corrected chi connectivity index (χ4v) is 3.67. The lowest BCUT2D eigenvalue weighted by Gasteiger charge is -2.23. The minimum atomic E-state index is -0.773. The van der Waals surface area contributed by atoms with Crippen molar-refractivity contribution in [2.24, 2.45) is 0 Å². The number of esters is 2. The zero-order chi connectivity index (χ0) is 21.1. The van der Waals surface area contributed by atoms with Gasteiger partial charge in [0.05, 0.1) is 6.61 Å². The summed E-state index contributed by atoms with van der Waals surface area (Å²) in [6.07, 6.45) is 1.85. The van der Waals surface area contributed by atoms with E-state index in [-0.39, 0.29) is 24.0 Å². The number of aromatic amines is 1. The summed E-state index contributed by atoms with van der Waals surface area (Å²) in [4.78, 5) is 24.6. The van der Waals surface area contributed by atoms with Crippen LogP contribution in [0.2, 0.25) is 0 Å². The lowest BCUT2D eigenvalue weighted by Crippen LogP contribution is -2.26. The highest BCUT2D eigenvalue weighted by molar-refractivity contribution is 5.95. The van der Waals surface area contributed by atoms with Crippen molar-refractivity contribution in [1.29, 1.82) is 0 Å². The van der Waals surface area contributed by atoms with Gasteiger partial charge >= 0.3 is 11.9 Å². The van der Waals surface area contributed by atoms with Crippen LogP contribution < -0.4 is 5.32 Å². The van der Waals surface area contributed by atoms with Gasteiger partial charge in [0, 0.05) is 12.6 Å². The van der Waals surface area contributed by atoms with Crippen LogP contribution in [0.5, 0.6) is 0 Å². The van der Waals surface area contributed by atoms with Gasteiger partial charge in [0.2, 0.25) is 0 Å². The van der Waals surface area contributed by atoms with Gasteiger partial charge in [-0.05, 0) is 30.5 Å². The molecule has 0 spiro atoms. The van der Waals surface area contributed by atoms with Gasteiger partial charge in [0.15, 0.2) is 5.82 Å². The fourth-order valence-electron chi connectivity index (χ4n) is 3.67. The van der Waals surface area contributed by atoms with Crippen LogP contribution >= 0.6 is 0 Å². The number of benzene rings is 2. The number of nitrogens with one attached hydrogen (secondary N) is 2. The molecule has 30 heavy (non-hydrogen) atoms. The minimum Gasteiger partial charge on any atom is -0.462 e. The number of hydrogen-bond donors (Lipinski definition) is 2. The third-order valence-corrected chi connectivity index (χ3v) is 5.25. The van der Waals surface area contributed by atoms with Crippen molar-refractivity contribution in [3.63, 3.8) is 0 Å². The summed E-state index contributed by atoms with van der Waals surface area (Å²) in [5, 5.41) is 9.70. The third-order valence-electron chi connectivity index (χ3n) is 5.25. The zero-order valence-electron chi connectivity index (χ0n) is 16.8. The Hall–Kier alpha value is -3.61. The normalized spacial score (nSPS) is 20.6. The molecule has 1 fully saturated rings. The Kier molecular flexibility index (Phi) is 5.27. The maximum absolute atomic E-state index is 12.5. The second kappa shape index (κ2) is 8.02. The third kappa shape index (κ3) is 3.78. The lowest BCUT2D eigenvalue weighted by molar-refractivity contribution is -0.148. The van der Waals surface area contributed by atoms with E-state index in [9.17, 15) is 9.59 Å². The van der Waals surface area contributed by atoms with Crippen LogP contribution in [0.4, 0.5) is 5.82 Å². The van der Waals surface area contributed by atoms with Crippen molar-refractivity contribution in [1.82, 2.24) is 10.2 Å². The van der Waals surface area contributed by atoms with E-state index in [1.165, 1.54) is 6.20 Å². The van der Waals surface area contributed by atoms with Gasteiger partial charge in [-0.15, -0.1) is 0 Å². The summed E-state index contributed by atoms with van der Waals surface area (Å²) >= 11 is 0. The molecule has 3 aromatic rings. The van der Waals surface area contributed by atoms with Crippen molar-refractivity contribution < 1.29 is 19.1 Å². The summed E-state index contributed by atoms with van der Waals surface area (Å²) in [6, 6.07) is 17.5. The Labute approximate surface area is 174 Å². The summed E-state index contributed by atoms with van der Waals surface area (Å²) in [5.74, 6) is -0.610. The predicted octanol–water partition coefficient (Wildman–Crippen LogP) is 3.90. The number of rotatable bonds is 6. The molecule has 1 saturated heterocycles. The largest absolute Gasteiger partial charge is 0.462 e. The minimum absolute atomic E-state index is 0.255. The number of cyclic esters (lactones) is 1. The van der Waals surface area contributed by atoms with Gasteiger partial charge in [-0.3, -0.25) is 5.10 Å². The molecule has 0 radical (unpaired) electrons. The van der Waals surface area contributed by atoms with Gasteiger partial charge in [-0.2, -0.15) is 5.10 Å². The first-order chi connectivity index (χ1) is 14.5. The van der Waals surface area contributed by atoms with Crippen molar-refractivity contribution >= 4 is 17.8 Å². The number of nitrogens with zero attached hydrogens (tertiary/aromatic N) is 1. The maximum atomic E-state index is 12.5. The van der Waals surface area contributed by atoms with Crippen molar-refractivity contribution in [3.8, 4) is 11.1 Å². The summed E-state index contributed by atoms with van der Waals surface area (Å²) in [5.41, 5.74) is 2.61. The maximum Gasteiger partial charge on any atom is 0.343 e. The van der Waals surface area contributed by atoms with Gasteiger partial charge in [0.1, 0.15) is 17.2 Å². The van der Waals surface area contributed by atoms with E-state index >= 15 is 0 Å². The number of anilines is 1. The molecule has 0 bridgehead atoms. The molecule has 2 unspecified atom stereocenters. The van der Waals surface area contributed by atoms with Gasteiger partial charge in [-0.1, -0.05) is 54.6 Å². The first-order valence-electron chi connectivity index (χ1n) is 9.86. The molecule has 0 aliphatic carbocycles. The standard InChI is InChI=1S/C23H23N3O4/c1-3-29-21(27)18-14-24-26-20(18)25-19-13-23(2,30-22(19)28)17-11-9-16(10-12-17)15-7-5-4-6-8-15/h4-12,14,19H,3,13H2,1-2H3,(H2,24,25,26). The molecule has 2 aromatic carbocycles. The molecule has 1 aliphatic heterocycles. The van der Waals surface area contributed by atoms with E-state index in [1.54, 1.807) is 6.92 Å². The smallest absolute Gasteiger partial charge is 0.343 e. The number of ether oxygens (including phenoxy) is 2. The molecule has 0 amide bonds. The van der Waals surface area contributed by atoms with Gasteiger partial charge in [0.25, 0.3) is 0 Å². The molecule has 154 valence electrons. The molecule has 1 aromatic heterocycles. The molecular formula is C23H23N3O4. The van der Waals surface area contributed by atoms with Gasteiger partial charge < -0.3 is 14.8 Å². The van der Waals surface area contributed by atoms with Crippen LogP contribution in [0.3, 0.4) is 0 Å². The highest BCUT2D eigenvalue weighted by Crippen LogP contribution is 2.38. The molecule has 4 rings (SSSR count). The first kappa shape index (κ1) is 19.7. The Bertz CT molecular complexity index is 1050. The number of carbonyl (C=O) groups excluding carboxylic acids is 2. The number of hydrogen-bond acceptors (Lipinski definition) is 6. The molecule has 2 heterocycles. The van der Waals surface area contributed by atoms with E-state index in [4.69, 9.17) is 9.47 Å². The number of aromatic nitrogens is 2. The van der Waals surface area contributed by atoms with Crippen molar-refractivity contribution in [3.05, 3.63) is 71.9 Å². The quantitative estimate of drug-likeness (QED) is 0.604. The monoisotopic (exact) mass is 405 g/mol. The summed E-state index contributed by atoms with van der Waals surface area (Å²) < 4.78 is 10.8. The average Bonchev–Trinajstić information content (AvgIpc) is 3.34. The highest BCUT2D eigenvalue weighted by atomic mass is 16.6. The molecule has 7 heteroatoms. The molecule has 1 aliphatic rings. The topological polar surface area (TPSA) is 93.3 Å². The second-order valence-corrected chi connectivity index (χ2v) is 7.36. The second-order valence-electron chi connectivity index (χ2n) is 7.36. The highest BCUT2D eigenvalue weighted by Gasteiger charge is 2.45.